The number of hydrogen-bond donors (Lipinski definition) is 1. The van der Waals surface area contributed by atoms with Crippen LogP contribution in [0.15, 0.2) is 17.1 Å². The predicted molar refractivity (Wildman–Crippen MR) is 100 cm³/mol. The zero-order valence-electron chi connectivity index (χ0n) is 16.3. The van der Waals surface area contributed by atoms with Crippen LogP contribution < -0.4 is 14.8 Å². The van der Waals surface area contributed by atoms with E-state index in [0.717, 1.165) is 17.7 Å². The molecule has 1 aromatic rings. The Bertz CT molecular complexity index is 615. The van der Waals surface area contributed by atoms with E-state index in [4.69, 9.17) is 9.47 Å². The summed E-state index contributed by atoms with van der Waals surface area (Å²) in [5.74, 6) is 2.06. The summed E-state index contributed by atoms with van der Waals surface area (Å²) in [6, 6.07) is 3.93. The SMILES string of the molecule is CCNC(=NCC(=O)N(C)C)N(C)Cc1cc(OC)c(OC)cc1C. The summed E-state index contributed by atoms with van der Waals surface area (Å²) < 4.78 is 10.7. The van der Waals surface area contributed by atoms with Gasteiger partial charge in [0.05, 0.1) is 14.2 Å². The van der Waals surface area contributed by atoms with Crippen molar-refractivity contribution in [3.05, 3.63) is 23.3 Å². The maximum Gasteiger partial charge on any atom is 0.243 e. The molecule has 140 valence electrons. The first-order valence-corrected chi connectivity index (χ1v) is 8.25. The molecule has 0 aliphatic heterocycles. The van der Waals surface area contributed by atoms with Crippen molar-refractivity contribution in [3.63, 3.8) is 0 Å². The van der Waals surface area contributed by atoms with Crippen LogP contribution in [0.5, 0.6) is 11.5 Å². The second-order valence-corrected chi connectivity index (χ2v) is 5.95. The van der Waals surface area contributed by atoms with Gasteiger partial charge in [0, 0.05) is 34.2 Å². The van der Waals surface area contributed by atoms with E-state index in [1.165, 1.54) is 4.90 Å². The number of amides is 1. The zero-order valence-corrected chi connectivity index (χ0v) is 16.3. The van der Waals surface area contributed by atoms with Crippen LogP contribution in [-0.4, -0.2) is 70.1 Å². The minimum Gasteiger partial charge on any atom is -0.493 e. The van der Waals surface area contributed by atoms with Crippen LogP contribution in [0, 0.1) is 6.92 Å². The molecule has 7 nitrogen and oxygen atoms in total. The Hall–Kier alpha value is -2.44. The predicted octanol–water partition coefficient (Wildman–Crippen LogP) is 1.50. The highest BCUT2D eigenvalue weighted by molar-refractivity contribution is 5.84. The van der Waals surface area contributed by atoms with Gasteiger partial charge in [-0.3, -0.25) is 4.79 Å². The molecule has 0 radical (unpaired) electrons. The molecular weight excluding hydrogens is 320 g/mol. The molecule has 7 heteroatoms. The summed E-state index contributed by atoms with van der Waals surface area (Å²) in [7, 11) is 8.64. The van der Waals surface area contributed by atoms with Crippen molar-refractivity contribution in [2.24, 2.45) is 4.99 Å². The zero-order chi connectivity index (χ0) is 19.0. The van der Waals surface area contributed by atoms with Gasteiger partial charge in [0.15, 0.2) is 17.5 Å². The first-order valence-electron chi connectivity index (χ1n) is 8.25. The fourth-order valence-corrected chi connectivity index (χ4v) is 2.28. The van der Waals surface area contributed by atoms with E-state index in [1.807, 2.05) is 37.9 Å². The molecule has 0 aliphatic carbocycles. The van der Waals surface area contributed by atoms with Crippen LogP contribution in [0.2, 0.25) is 0 Å². The van der Waals surface area contributed by atoms with Gasteiger partial charge in [-0.2, -0.15) is 0 Å². The molecule has 0 fully saturated rings. The fraction of sp³-hybridized carbons (Fsp3) is 0.556. The minimum atomic E-state index is -0.0360. The summed E-state index contributed by atoms with van der Waals surface area (Å²) in [5.41, 5.74) is 2.20. The summed E-state index contributed by atoms with van der Waals surface area (Å²) in [4.78, 5) is 19.7. The van der Waals surface area contributed by atoms with Gasteiger partial charge in [-0.25, -0.2) is 4.99 Å². The number of guanidine groups is 1. The molecule has 0 saturated carbocycles. The summed E-state index contributed by atoms with van der Waals surface area (Å²) in [6.45, 7) is 5.51. The maximum absolute atomic E-state index is 11.8. The third-order valence-corrected chi connectivity index (χ3v) is 3.81. The standard InChI is InChI=1S/C18H30N4O3/c1-8-19-18(20-11-17(23)21(3)4)22(5)12-14-10-16(25-7)15(24-6)9-13(14)2/h9-10H,8,11-12H2,1-7H3,(H,19,20). The van der Waals surface area contributed by atoms with E-state index >= 15 is 0 Å². The molecule has 1 amide bonds. The van der Waals surface area contributed by atoms with Gasteiger partial charge in [0.2, 0.25) is 5.91 Å². The Morgan fingerprint density at radius 2 is 1.76 bits per heavy atom. The van der Waals surface area contributed by atoms with E-state index in [9.17, 15) is 4.79 Å². The Labute approximate surface area is 150 Å². The molecule has 0 atom stereocenters. The smallest absolute Gasteiger partial charge is 0.243 e. The Kier molecular flexibility index (Phi) is 8.04. The van der Waals surface area contributed by atoms with Crippen molar-refractivity contribution in [2.45, 2.75) is 20.4 Å². The fourth-order valence-electron chi connectivity index (χ4n) is 2.28. The van der Waals surface area contributed by atoms with Gasteiger partial charge in [-0.1, -0.05) is 0 Å². The van der Waals surface area contributed by atoms with Crippen molar-refractivity contribution in [1.29, 1.82) is 0 Å². The van der Waals surface area contributed by atoms with E-state index in [2.05, 4.69) is 10.3 Å². The van der Waals surface area contributed by atoms with E-state index in [0.29, 0.717) is 24.0 Å². The largest absolute Gasteiger partial charge is 0.493 e. The number of ether oxygens (including phenoxy) is 2. The van der Waals surface area contributed by atoms with Crippen LogP contribution >= 0.6 is 0 Å². The lowest BCUT2D eigenvalue weighted by atomic mass is 10.1. The number of nitrogens with one attached hydrogen (secondary N) is 1. The maximum atomic E-state index is 11.8. The minimum absolute atomic E-state index is 0.0360. The van der Waals surface area contributed by atoms with E-state index in [-0.39, 0.29) is 12.5 Å². The second-order valence-electron chi connectivity index (χ2n) is 5.95. The average molecular weight is 350 g/mol. The average Bonchev–Trinajstić information content (AvgIpc) is 2.59. The van der Waals surface area contributed by atoms with Crippen molar-refractivity contribution >= 4 is 11.9 Å². The van der Waals surface area contributed by atoms with Gasteiger partial charge in [0.25, 0.3) is 0 Å². The summed E-state index contributed by atoms with van der Waals surface area (Å²) in [5, 5.41) is 3.22. The topological polar surface area (TPSA) is 66.4 Å². The molecule has 1 N–H and O–H groups in total. The van der Waals surface area contributed by atoms with E-state index < -0.39 is 0 Å². The molecule has 0 spiro atoms. The van der Waals surface area contributed by atoms with Crippen molar-refractivity contribution in [1.82, 2.24) is 15.1 Å². The first-order chi connectivity index (χ1) is 11.8. The van der Waals surface area contributed by atoms with E-state index in [1.54, 1.807) is 28.3 Å². The number of rotatable bonds is 7. The number of hydrogen-bond acceptors (Lipinski definition) is 4. The molecule has 1 rings (SSSR count). The highest BCUT2D eigenvalue weighted by Gasteiger charge is 2.13. The Morgan fingerprint density at radius 1 is 1.16 bits per heavy atom. The lowest BCUT2D eigenvalue weighted by Gasteiger charge is -2.24. The Morgan fingerprint density at radius 3 is 2.28 bits per heavy atom. The normalized spacial score (nSPS) is 11.1. The first kappa shape index (κ1) is 20.6. The third-order valence-electron chi connectivity index (χ3n) is 3.81. The number of aryl methyl sites for hydroxylation is 1. The lowest BCUT2D eigenvalue weighted by Crippen LogP contribution is -2.39. The number of nitrogens with zero attached hydrogens (tertiary/aromatic N) is 3. The second kappa shape index (κ2) is 9.76. The monoisotopic (exact) mass is 350 g/mol. The van der Waals surface area contributed by atoms with Crippen LogP contribution in [0.4, 0.5) is 0 Å². The van der Waals surface area contributed by atoms with Crippen LogP contribution in [0.1, 0.15) is 18.1 Å². The molecule has 0 saturated heterocycles. The summed E-state index contributed by atoms with van der Waals surface area (Å²) in [6.07, 6.45) is 0. The van der Waals surface area contributed by atoms with Gasteiger partial charge in [0.1, 0.15) is 6.54 Å². The molecular formula is C18H30N4O3. The molecule has 0 heterocycles. The van der Waals surface area contributed by atoms with Gasteiger partial charge in [-0.05, 0) is 37.1 Å². The number of aliphatic imine (C=N–C) groups is 1. The molecule has 0 aliphatic rings. The number of likely N-dealkylation sites (N-methyl/N-ethyl adjacent to an activating group) is 1. The van der Waals surface area contributed by atoms with Crippen molar-refractivity contribution < 1.29 is 14.3 Å². The third kappa shape index (κ3) is 5.85. The lowest BCUT2D eigenvalue weighted by molar-refractivity contribution is -0.127. The van der Waals surface area contributed by atoms with Gasteiger partial charge in [-0.15, -0.1) is 0 Å². The number of benzene rings is 1. The molecule has 0 unspecified atom stereocenters. The van der Waals surface area contributed by atoms with Crippen LogP contribution in [-0.2, 0) is 11.3 Å². The molecule has 0 bridgehead atoms. The number of carbonyl (C=O) groups is 1. The van der Waals surface area contributed by atoms with Gasteiger partial charge >= 0.3 is 0 Å². The molecule has 25 heavy (non-hydrogen) atoms. The highest BCUT2D eigenvalue weighted by atomic mass is 16.5. The van der Waals surface area contributed by atoms with Crippen molar-refractivity contribution in [2.75, 3.05) is 48.5 Å². The Balaban J connectivity index is 2.98. The number of methoxy groups -OCH3 is 2. The molecule has 0 aromatic heterocycles. The number of carbonyl (C=O) groups excluding carboxylic acids is 1. The van der Waals surface area contributed by atoms with Crippen LogP contribution in [0.3, 0.4) is 0 Å². The van der Waals surface area contributed by atoms with Gasteiger partial charge < -0.3 is 24.6 Å². The molecule has 1 aromatic carbocycles. The van der Waals surface area contributed by atoms with Crippen molar-refractivity contribution in [3.8, 4) is 11.5 Å². The quantitative estimate of drug-likeness (QED) is 0.596. The summed E-state index contributed by atoms with van der Waals surface area (Å²) >= 11 is 0. The highest BCUT2D eigenvalue weighted by Crippen LogP contribution is 2.30. The van der Waals surface area contributed by atoms with Crippen LogP contribution in [0.25, 0.3) is 0 Å².